The molecular formula is C19H21N5O. The highest BCUT2D eigenvalue weighted by Crippen LogP contribution is 2.18. The molecule has 0 unspecified atom stereocenters. The molecule has 25 heavy (non-hydrogen) atoms. The summed E-state index contributed by atoms with van der Waals surface area (Å²) in [5.74, 6) is 0.887. The summed E-state index contributed by atoms with van der Waals surface area (Å²) in [6, 6.07) is 5.49. The number of nitrogens with zero attached hydrogens (tertiary/aromatic N) is 5. The third-order valence-electron chi connectivity index (χ3n) is 4.72. The SMILES string of the molecule is CCc1ncc2c(n1)CN(Cc1cc(=O)n3cccc(C)c3n1)CC2. The van der Waals surface area contributed by atoms with Crippen molar-refractivity contribution in [3.8, 4) is 0 Å². The summed E-state index contributed by atoms with van der Waals surface area (Å²) in [5.41, 5.74) is 4.86. The average molecular weight is 335 g/mol. The van der Waals surface area contributed by atoms with Gasteiger partial charge in [0.1, 0.15) is 11.5 Å². The lowest BCUT2D eigenvalue weighted by atomic mass is 10.1. The van der Waals surface area contributed by atoms with Gasteiger partial charge in [0.05, 0.1) is 11.4 Å². The van der Waals surface area contributed by atoms with Crippen LogP contribution in [0.15, 0.2) is 35.4 Å². The molecule has 1 aliphatic heterocycles. The van der Waals surface area contributed by atoms with Crippen LogP contribution in [-0.4, -0.2) is 30.8 Å². The minimum Gasteiger partial charge on any atom is -0.291 e. The summed E-state index contributed by atoms with van der Waals surface area (Å²) in [6.07, 6.45) is 5.50. The summed E-state index contributed by atoms with van der Waals surface area (Å²) < 4.78 is 1.60. The van der Waals surface area contributed by atoms with Crippen LogP contribution in [0.3, 0.4) is 0 Å². The molecule has 1 aliphatic rings. The largest absolute Gasteiger partial charge is 0.291 e. The zero-order valence-electron chi connectivity index (χ0n) is 14.6. The van der Waals surface area contributed by atoms with E-state index in [1.807, 2.05) is 25.3 Å². The first-order valence-corrected chi connectivity index (χ1v) is 8.68. The van der Waals surface area contributed by atoms with Gasteiger partial charge in [-0.15, -0.1) is 0 Å². The number of hydrogen-bond donors (Lipinski definition) is 0. The predicted molar refractivity (Wildman–Crippen MR) is 95.4 cm³/mol. The lowest BCUT2D eigenvalue weighted by Crippen LogP contribution is -2.32. The van der Waals surface area contributed by atoms with Crippen molar-refractivity contribution >= 4 is 5.65 Å². The van der Waals surface area contributed by atoms with Crippen LogP contribution in [0.2, 0.25) is 0 Å². The van der Waals surface area contributed by atoms with Gasteiger partial charge in [0.25, 0.3) is 5.56 Å². The second-order valence-corrected chi connectivity index (χ2v) is 6.54. The third kappa shape index (κ3) is 3.05. The summed E-state index contributed by atoms with van der Waals surface area (Å²) >= 11 is 0. The highest BCUT2D eigenvalue weighted by atomic mass is 16.1. The van der Waals surface area contributed by atoms with Crippen LogP contribution in [0.4, 0.5) is 0 Å². The molecule has 0 aromatic carbocycles. The molecule has 0 atom stereocenters. The Hall–Kier alpha value is -2.60. The van der Waals surface area contributed by atoms with Crippen molar-refractivity contribution in [1.29, 1.82) is 0 Å². The highest BCUT2D eigenvalue weighted by Gasteiger charge is 2.19. The van der Waals surface area contributed by atoms with Crippen LogP contribution in [0, 0.1) is 6.92 Å². The van der Waals surface area contributed by atoms with Crippen molar-refractivity contribution in [2.24, 2.45) is 0 Å². The molecule has 4 rings (SSSR count). The van der Waals surface area contributed by atoms with Crippen molar-refractivity contribution in [2.45, 2.75) is 39.8 Å². The number of aromatic nitrogens is 4. The maximum atomic E-state index is 12.4. The van der Waals surface area contributed by atoms with Crippen LogP contribution in [-0.2, 0) is 25.9 Å². The van der Waals surface area contributed by atoms with Crippen molar-refractivity contribution in [2.75, 3.05) is 6.54 Å². The Labute approximate surface area is 146 Å². The molecule has 6 nitrogen and oxygen atoms in total. The molecule has 3 aromatic rings. The van der Waals surface area contributed by atoms with Crippen molar-refractivity contribution in [3.05, 3.63) is 69.3 Å². The molecule has 0 saturated heterocycles. The van der Waals surface area contributed by atoms with E-state index in [4.69, 9.17) is 4.98 Å². The fourth-order valence-electron chi connectivity index (χ4n) is 3.32. The van der Waals surface area contributed by atoms with E-state index in [1.165, 1.54) is 5.56 Å². The normalized spacial score (nSPS) is 14.6. The zero-order valence-corrected chi connectivity index (χ0v) is 14.6. The molecule has 0 fully saturated rings. The molecule has 6 heteroatoms. The molecule has 0 amide bonds. The Balaban J connectivity index is 1.61. The van der Waals surface area contributed by atoms with Gasteiger partial charge in [-0.05, 0) is 30.5 Å². The van der Waals surface area contributed by atoms with E-state index in [9.17, 15) is 4.79 Å². The van der Waals surface area contributed by atoms with Crippen LogP contribution in [0.1, 0.15) is 35.3 Å². The van der Waals surface area contributed by atoms with Crippen LogP contribution < -0.4 is 5.56 Å². The van der Waals surface area contributed by atoms with Gasteiger partial charge in [-0.3, -0.25) is 14.1 Å². The van der Waals surface area contributed by atoms with Crippen LogP contribution >= 0.6 is 0 Å². The van der Waals surface area contributed by atoms with Crippen LogP contribution in [0.25, 0.3) is 5.65 Å². The number of hydrogen-bond acceptors (Lipinski definition) is 5. The molecular weight excluding hydrogens is 314 g/mol. The van der Waals surface area contributed by atoms with Crippen molar-refractivity contribution < 1.29 is 0 Å². The van der Waals surface area contributed by atoms with E-state index in [-0.39, 0.29) is 5.56 Å². The number of rotatable bonds is 3. The van der Waals surface area contributed by atoms with E-state index in [1.54, 1.807) is 16.7 Å². The molecule has 0 spiro atoms. The van der Waals surface area contributed by atoms with E-state index >= 15 is 0 Å². The molecule has 0 saturated carbocycles. The lowest BCUT2D eigenvalue weighted by molar-refractivity contribution is 0.238. The Bertz CT molecular complexity index is 995. The van der Waals surface area contributed by atoms with Gasteiger partial charge >= 0.3 is 0 Å². The first kappa shape index (κ1) is 15.9. The van der Waals surface area contributed by atoms with Gasteiger partial charge in [0, 0.05) is 44.5 Å². The Morgan fingerprint density at radius 1 is 1.28 bits per heavy atom. The number of pyridine rings is 1. The Morgan fingerprint density at radius 3 is 3.00 bits per heavy atom. The summed E-state index contributed by atoms with van der Waals surface area (Å²) in [4.78, 5) is 28.4. The Kier molecular flexibility index (Phi) is 4.05. The van der Waals surface area contributed by atoms with Crippen LogP contribution in [0.5, 0.6) is 0 Å². The summed E-state index contributed by atoms with van der Waals surface area (Å²) in [6.45, 7) is 6.41. The molecule has 0 aliphatic carbocycles. The minimum absolute atomic E-state index is 0.0308. The average Bonchev–Trinajstić information content (AvgIpc) is 2.62. The van der Waals surface area contributed by atoms with E-state index in [0.717, 1.165) is 54.4 Å². The minimum atomic E-state index is -0.0308. The fraction of sp³-hybridized carbons (Fsp3) is 0.368. The fourth-order valence-corrected chi connectivity index (χ4v) is 3.32. The number of aryl methyl sites for hydroxylation is 2. The standard InChI is InChI=1S/C19H21N5O/c1-3-17-20-10-14-6-8-23(12-16(14)22-17)11-15-9-18(25)24-7-4-5-13(2)19(24)21-15/h4-5,7,9-10H,3,6,8,11-12H2,1-2H3. The van der Waals surface area contributed by atoms with Gasteiger partial charge in [-0.1, -0.05) is 13.0 Å². The van der Waals surface area contributed by atoms with Crippen molar-refractivity contribution in [3.63, 3.8) is 0 Å². The summed E-state index contributed by atoms with van der Waals surface area (Å²) in [7, 11) is 0. The number of fused-ring (bicyclic) bond motifs is 2. The monoisotopic (exact) mass is 335 g/mol. The first-order chi connectivity index (χ1) is 12.1. The Morgan fingerprint density at radius 2 is 2.16 bits per heavy atom. The zero-order chi connectivity index (χ0) is 17.4. The van der Waals surface area contributed by atoms with E-state index in [0.29, 0.717) is 6.54 Å². The quantitative estimate of drug-likeness (QED) is 0.732. The van der Waals surface area contributed by atoms with Crippen molar-refractivity contribution in [1.82, 2.24) is 24.3 Å². The molecule has 0 bridgehead atoms. The van der Waals surface area contributed by atoms with E-state index < -0.39 is 0 Å². The molecule has 128 valence electrons. The van der Waals surface area contributed by atoms with E-state index in [2.05, 4.69) is 21.8 Å². The second kappa shape index (κ2) is 6.37. The van der Waals surface area contributed by atoms with Gasteiger partial charge in [-0.2, -0.15) is 0 Å². The molecule has 0 radical (unpaired) electrons. The highest BCUT2D eigenvalue weighted by molar-refractivity contribution is 5.46. The maximum absolute atomic E-state index is 12.4. The van der Waals surface area contributed by atoms with Gasteiger partial charge in [0.15, 0.2) is 0 Å². The molecule has 4 heterocycles. The smallest absolute Gasteiger partial charge is 0.258 e. The summed E-state index contributed by atoms with van der Waals surface area (Å²) in [5, 5.41) is 0. The first-order valence-electron chi connectivity index (χ1n) is 8.68. The second-order valence-electron chi connectivity index (χ2n) is 6.54. The van der Waals surface area contributed by atoms with Gasteiger partial charge in [0.2, 0.25) is 0 Å². The maximum Gasteiger partial charge on any atom is 0.258 e. The predicted octanol–water partition coefficient (Wildman–Crippen LogP) is 1.91. The third-order valence-corrected chi connectivity index (χ3v) is 4.72. The van der Waals surface area contributed by atoms with Gasteiger partial charge in [-0.25, -0.2) is 15.0 Å². The molecule has 0 N–H and O–H groups in total. The topological polar surface area (TPSA) is 63.4 Å². The molecule has 3 aromatic heterocycles. The van der Waals surface area contributed by atoms with Gasteiger partial charge < -0.3 is 0 Å². The lowest BCUT2D eigenvalue weighted by Gasteiger charge is -2.27.